The van der Waals surface area contributed by atoms with Crippen LogP contribution in [0.2, 0.25) is 0 Å². The zero-order valence-electron chi connectivity index (χ0n) is 14.4. The minimum atomic E-state index is -0.785. The number of nitrogens with zero attached hydrogens (tertiary/aromatic N) is 4. The highest BCUT2D eigenvalue weighted by atomic mass is 79.9. The molecule has 3 rings (SSSR count). The summed E-state index contributed by atoms with van der Waals surface area (Å²) in [5.41, 5.74) is 3.96. The quantitative estimate of drug-likeness (QED) is 0.699. The van der Waals surface area contributed by atoms with Crippen molar-refractivity contribution < 1.29 is 9.50 Å². The van der Waals surface area contributed by atoms with Gasteiger partial charge in [0.25, 0.3) is 0 Å². The van der Waals surface area contributed by atoms with Crippen molar-refractivity contribution in [2.75, 3.05) is 0 Å². The van der Waals surface area contributed by atoms with Gasteiger partial charge >= 0.3 is 0 Å². The van der Waals surface area contributed by atoms with Crippen LogP contribution in [0.25, 0.3) is 11.3 Å². The summed E-state index contributed by atoms with van der Waals surface area (Å²) >= 11 is 3.59. The molecule has 0 aliphatic carbocycles. The average Bonchev–Trinajstić information content (AvgIpc) is 3.10. The highest BCUT2D eigenvalue weighted by molar-refractivity contribution is 9.10. The number of hydrogen-bond acceptors (Lipinski definition) is 3. The number of aliphatic hydroxyl groups excluding tert-OH is 1. The van der Waals surface area contributed by atoms with Crippen LogP contribution in [0.4, 0.5) is 4.39 Å². The van der Waals surface area contributed by atoms with Crippen LogP contribution in [0.3, 0.4) is 0 Å². The van der Waals surface area contributed by atoms with Crippen LogP contribution in [-0.4, -0.2) is 24.4 Å². The van der Waals surface area contributed by atoms with Gasteiger partial charge in [-0.15, -0.1) is 0 Å². The number of aromatic nitrogens is 4. The number of halogens is 2. The van der Waals surface area contributed by atoms with Crippen LogP contribution >= 0.6 is 15.9 Å². The van der Waals surface area contributed by atoms with Crippen LogP contribution in [0, 0.1) is 5.82 Å². The largest absolute Gasteiger partial charge is 0.389 e. The standard InChI is InChI=1S/C18H20BrFN4O/c1-4-16-18(19)24(10-21-16)9-12-8-23(3)22-17(12)14-6-5-13(20)7-15(14)11(2)25/h5-8,10-11,25H,4,9H2,1-3H3. The Balaban J connectivity index is 2.06. The van der Waals surface area contributed by atoms with E-state index in [-0.39, 0.29) is 5.82 Å². The van der Waals surface area contributed by atoms with Crippen LogP contribution in [0.1, 0.15) is 36.8 Å². The summed E-state index contributed by atoms with van der Waals surface area (Å²) in [5, 5.41) is 14.6. The maximum Gasteiger partial charge on any atom is 0.123 e. The van der Waals surface area contributed by atoms with Crippen molar-refractivity contribution in [2.45, 2.75) is 32.9 Å². The lowest BCUT2D eigenvalue weighted by atomic mass is 9.98. The third kappa shape index (κ3) is 3.52. The average molecular weight is 407 g/mol. The van der Waals surface area contributed by atoms with Gasteiger partial charge in [0.2, 0.25) is 0 Å². The predicted octanol–water partition coefficient (Wildman–Crippen LogP) is 3.85. The van der Waals surface area contributed by atoms with Crippen molar-refractivity contribution in [1.82, 2.24) is 19.3 Å². The molecule has 0 radical (unpaired) electrons. The molecule has 2 aromatic heterocycles. The molecule has 3 aromatic rings. The summed E-state index contributed by atoms with van der Waals surface area (Å²) in [7, 11) is 1.85. The zero-order chi connectivity index (χ0) is 18.1. The van der Waals surface area contributed by atoms with Gasteiger partial charge in [0, 0.05) is 24.4 Å². The Kier molecular flexibility index (Phi) is 5.06. The van der Waals surface area contributed by atoms with E-state index in [0.29, 0.717) is 12.1 Å². The fourth-order valence-corrected chi connectivity index (χ4v) is 3.51. The highest BCUT2D eigenvalue weighted by Gasteiger charge is 2.18. The van der Waals surface area contributed by atoms with Gasteiger partial charge in [0.15, 0.2) is 0 Å². The van der Waals surface area contributed by atoms with Crippen molar-refractivity contribution in [2.24, 2.45) is 7.05 Å². The number of aryl methyl sites for hydroxylation is 2. The second kappa shape index (κ2) is 7.09. The normalized spacial score (nSPS) is 12.6. The number of rotatable bonds is 5. The summed E-state index contributed by atoms with van der Waals surface area (Å²) in [6.07, 6.45) is 3.78. The number of aliphatic hydroxyl groups is 1. The Morgan fingerprint density at radius 3 is 2.76 bits per heavy atom. The van der Waals surface area contributed by atoms with Crippen LogP contribution in [0.15, 0.2) is 35.3 Å². The van der Waals surface area contributed by atoms with E-state index in [4.69, 9.17) is 0 Å². The van der Waals surface area contributed by atoms with E-state index < -0.39 is 6.10 Å². The van der Waals surface area contributed by atoms with Crippen molar-refractivity contribution in [3.8, 4) is 11.3 Å². The zero-order valence-corrected chi connectivity index (χ0v) is 16.0. The van der Waals surface area contributed by atoms with Gasteiger partial charge in [0.1, 0.15) is 10.4 Å². The maximum absolute atomic E-state index is 13.6. The van der Waals surface area contributed by atoms with E-state index >= 15 is 0 Å². The van der Waals surface area contributed by atoms with Gasteiger partial charge in [-0.1, -0.05) is 6.92 Å². The van der Waals surface area contributed by atoms with Crippen molar-refractivity contribution >= 4 is 15.9 Å². The molecule has 1 unspecified atom stereocenters. The Morgan fingerprint density at radius 1 is 1.36 bits per heavy atom. The van der Waals surface area contributed by atoms with E-state index in [1.807, 2.05) is 17.8 Å². The first kappa shape index (κ1) is 17.8. The highest BCUT2D eigenvalue weighted by Crippen LogP contribution is 2.31. The first-order chi connectivity index (χ1) is 11.9. The molecular weight excluding hydrogens is 387 g/mol. The molecule has 0 saturated carbocycles. The Labute approximate surface area is 154 Å². The van der Waals surface area contributed by atoms with Gasteiger partial charge in [-0.25, -0.2) is 9.37 Å². The molecule has 0 fully saturated rings. The molecule has 1 atom stereocenters. The fourth-order valence-electron chi connectivity index (χ4n) is 2.91. The molecule has 2 heterocycles. The molecule has 0 amide bonds. The van der Waals surface area contributed by atoms with E-state index in [1.165, 1.54) is 12.1 Å². The number of hydrogen-bond donors (Lipinski definition) is 1. The van der Waals surface area contributed by atoms with Crippen LogP contribution < -0.4 is 0 Å². The van der Waals surface area contributed by atoms with Gasteiger partial charge in [-0.05, 0) is 53.0 Å². The monoisotopic (exact) mass is 406 g/mol. The van der Waals surface area contributed by atoms with Gasteiger partial charge in [-0.3, -0.25) is 4.68 Å². The summed E-state index contributed by atoms with van der Waals surface area (Å²) < 4.78 is 18.3. The smallest absolute Gasteiger partial charge is 0.123 e. The van der Waals surface area contributed by atoms with E-state index in [9.17, 15) is 9.50 Å². The molecule has 0 bridgehead atoms. The molecule has 1 aromatic carbocycles. The molecule has 7 heteroatoms. The Hall–Kier alpha value is -1.99. The summed E-state index contributed by atoms with van der Waals surface area (Å²) in [4.78, 5) is 4.40. The molecule has 25 heavy (non-hydrogen) atoms. The van der Waals surface area contributed by atoms with E-state index in [1.54, 1.807) is 24.0 Å². The third-order valence-electron chi connectivity index (χ3n) is 4.14. The van der Waals surface area contributed by atoms with E-state index in [0.717, 1.165) is 33.5 Å². The molecule has 0 aliphatic rings. The lowest BCUT2D eigenvalue weighted by Crippen LogP contribution is -2.02. The Bertz CT molecular complexity index is 901. The lowest BCUT2D eigenvalue weighted by molar-refractivity contribution is 0.199. The first-order valence-electron chi connectivity index (χ1n) is 8.10. The fraction of sp³-hybridized carbons (Fsp3) is 0.333. The van der Waals surface area contributed by atoms with Crippen molar-refractivity contribution in [3.05, 3.63) is 58.0 Å². The first-order valence-corrected chi connectivity index (χ1v) is 8.89. The summed E-state index contributed by atoms with van der Waals surface area (Å²) in [6, 6.07) is 4.42. The molecule has 132 valence electrons. The second-order valence-corrected chi connectivity index (χ2v) is 6.80. The lowest BCUT2D eigenvalue weighted by Gasteiger charge is -2.12. The maximum atomic E-state index is 13.6. The molecule has 5 nitrogen and oxygen atoms in total. The van der Waals surface area contributed by atoms with Crippen molar-refractivity contribution in [1.29, 1.82) is 0 Å². The minimum Gasteiger partial charge on any atom is -0.389 e. The second-order valence-electron chi connectivity index (χ2n) is 6.05. The summed E-state index contributed by atoms with van der Waals surface area (Å²) in [6.45, 7) is 4.26. The SMILES string of the molecule is CCc1ncn(Cc2cn(C)nc2-c2ccc(F)cc2C(C)O)c1Br. The van der Waals surface area contributed by atoms with Crippen LogP contribution in [-0.2, 0) is 20.0 Å². The predicted molar refractivity (Wildman–Crippen MR) is 97.6 cm³/mol. The molecule has 0 spiro atoms. The van der Waals surface area contributed by atoms with Gasteiger partial charge in [0.05, 0.1) is 30.4 Å². The summed E-state index contributed by atoms with van der Waals surface area (Å²) in [5.74, 6) is -0.373. The van der Waals surface area contributed by atoms with Crippen LogP contribution in [0.5, 0.6) is 0 Å². The third-order valence-corrected chi connectivity index (χ3v) is 5.06. The van der Waals surface area contributed by atoms with Gasteiger partial charge in [-0.2, -0.15) is 5.10 Å². The molecule has 0 saturated heterocycles. The minimum absolute atomic E-state index is 0.373. The molecule has 0 aliphatic heterocycles. The topological polar surface area (TPSA) is 55.9 Å². The molecule has 1 N–H and O–H groups in total. The van der Waals surface area contributed by atoms with Crippen molar-refractivity contribution in [3.63, 3.8) is 0 Å². The van der Waals surface area contributed by atoms with E-state index in [2.05, 4.69) is 32.9 Å². The van der Waals surface area contributed by atoms with Gasteiger partial charge < -0.3 is 9.67 Å². The number of benzene rings is 1. The molecular formula is C18H20BrFN4O. The number of imidazole rings is 1. The Morgan fingerprint density at radius 2 is 2.12 bits per heavy atom.